The van der Waals surface area contributed by atoms with Gasteiger partial charge in [0.2, 0.25) is 0 Å². The van der Waals surface area contributed by atoms with Crippen molar-refractivity contribution in [2.75, 3.05) is 12.3 Å². The topological polar surface area (TPSA) is 12.0 Å². The van der Waals surface area contributed by atoms with Gasteiger partial charge in [-0.05, 0) is 18.9 Å². The molecule has 1 rings (SSSR count). The van der Waals surface area contributed by atoms with E-state index in [1.54, 1.807) is 0 Å². The maximum Gasteiger partial charge on any atom is 0.0183 e. The zero-order valence-corrected chi connectivity index (χ0v) is 9.29. The van der Waals surface area contributed by atoms with Crippen LogP contribution in [0.1, 0.15) is 33.6 Å². The van der Waals surface area contributed by atoms with Crippen LogP contribution in [0.5, 0.6) is 0 Å². The SMILES string of the molecule is CCC(C)C1CSC(C)CCN1. The summed E-state index contributed by atoms with van der Waals surface area (Å²) in [6.45, 7) is 8.19. The Morgan fingerprint density at radius 3 is 3.00 bits per heavy atom. The van der Waals surface area contributed by atoms with E-state index in [2.05, 4.69) is 37.8 Å². The summed E-state index contributed by atoms with van der Waals surface area (Å²) in [7, 11) is 0. The average molecular weight is 187 g/mol. The van der Waals surface area contributed by atoms with Gasteiger partial charge >= 0.3 is 0 Å². The highest BCUT2D eigenvalue weighted by Crippen LogP contribution is 2.22. The van der Waals surface area contributed by atoms with E-state index >= 15 is 0 Å². The van der Waals surface area contributed by atoms with Crippen LogP contribution in [0.2, 0.25) is 0 Å². The largest absolute Gasteiger partial charge is 0.313 e. The Bertz CT molecular complexity index is 127. The fourth-order valence-electron chi connectivity index (χ4n) is 1.53. The lowest BCUT2D eigenvalue weighted by atomic mass is 10.0. The van der Waals surface area contributed by atoms with E-state index in [9.17, 15) is 0 Å². The summed E-state index contributed by atoms with van der Waals surface area (Å²) in [6.07, 6.45) is 2.63. The second-order valence-corrected chi connectivity index (χ2v) is 5.35. The van der Waals surface area contributed by atoms with Crippen molar-refractivity contribution in [1.29, 1.82) is 0 Å². The van der Waals surface area contributed by atoms with Crippen molar-refractivity contribution >= 4 is 11.8 Å². The molecule has 1 nitrogen and oxygen atoms in total. The number of nitrogens with one attached hydrogen (secondary N) is 1. The first-order valence-corrected chi connectivity index (χ1v) is 6.14. The van der Waals surface area contributed by atoms with Crippen LogP contribution < -0.4 is 5.32 Å². The molecule has 1 fully saturated rings. The van der Waals surface area contributed by atoms with Crippen LogP contribution in [-0.2, 0) is 0 Å². The van der Waals surface area contributed by atoms with Crippen molar-refractivity contribution in [2.24, 2.45) is 5.92 Å². The Morgan fingerprint density at radius 1 is 1.58 bits per heavy atom. The smallest absolute Gasteiger partial charge is 0.0183 e. The first-order chi connectivity index (χ1) is 5.74. The maximum absolute atomic E-state index is 3.64. The third-order valence-corrected chi connectivity index (χ3v) is 4.20. The van der Waals surface area contributed by atoms with Crippen LogP contribution >= 0.6 is 11.8 Å². The third kappa shape index (κ3) is 2.98. The molecular weight excluding hydrogens is 166 g/mol. The van der Waals surface area contributed by atoms with Gasteiger partial charge < -0.3 is 5.32 Å². The Hall–Kier alpha value is 0.310. The van der Waals surface area contributed by atoms with Crippen LogP contribution in [0, 0.1) is 5.92 Å². The monoisotopic (exact) mass is 187 g/mol. The Morgan fingerprint density at radius 2 is 2.33 bits per heavy atom. The molecule has 3 atom stereocenters. The van der Waals surface area contributed by atoms with E-state index in [-0.39, 0.29) is 0 Å². The van der Waals surface area contributed by atoms with Gasteiger partial charge in [0, 0.05) is 17.0 Å². The summed E-state index contributed by atoms with van der Waals surface area (Å²) < 4.78 is 0. The van der Waals surface area contributed by atoms with E-state index in [1.165, 1.54) is 25.1 Å². The lowest BCUT2D eigenvalue weighted by Crippen LogP contribution is -2.36. The van der Waals surface area contributed by atoms with E-state index < -0.39 is 0 Å². The predicted octanol–water partition coefficient (Wildman–Crippen LogP) is 2.52. The van der Waals surface area contributed by atoms with Gasteiger partial charge in [-0.2, -0.15) is 11.8 Å². The maximum atomic E-state index is 3.64. The Kier molecular flexibility index (Phi) is 4.44. The number of hydrogen-bond acceptors (Lipinski definition) is 2. The number of hydrogen-bond donors (Lipinski definition) is 1. The van der Waals surface area contributed by atoms with E-state index in [0.717, 1.165) is 17.2 Å². The molecule has 12 heavy (non-hydrogen) atoms. The van der Waals surface area contributed by atoms with Crippen molar-refractivity contribution in [3.63, 3.8) is 0 Å². The highest BCUT2D eigenvalue weighted by atomic mass is 32.2. The van der Waals surface area contributed by atoms with Crippen LogP contribution in [0.15, 0.2) is 0 Å². The summed E-state index contributed by atoms with van der Waals surface area (Å²) in [4.78, 5) is 0. The van der Waals surface area contributed by atoms with Gasteiger partial charge in [-0.25, -0.2) is 0 Å². The molecule has 1 heterocycles. The van der Waals surface area contributed by atoms with Gasteiger partial charge in [-0.3, -0.25) is 0 Å². The van der Waals surface area contributed by atoms with Crippen molar-refractivity contribution in [2.45, 2.75) is 44.9 Å². The number of thioether (sulfide) groups is 1. The molecule has 1 aliphatic heterocycles. The zero-order chi connectivity index (χ0) is 8.97. The molecule has 3 unspecified atom stereocenters. The minimum atomic E-state index is 0.755. The van der Waals surface area contributed by atoms with Gasteiger partial charge in [-0.1, -0.05) is 27.2 Å². The molecule has 72 valence electrons. The quantitative estimate of drug-likeness (QED) is 0.713. The highest BCUT2D eigenvalue weighted by Gasteiger charge is 2.19. The van der Waals surface area contributed by atoms with Gasteiger partial charge in [0.05, 0.1) is 0 Å². The molecule has 0 aromatic heterocycles. The summed E-state index contributed by atoms with van der Waals surface area (Å²) in [5.41, 5.74) is 0. The fraction of sp³-hybridized carbons (Fsp3) is 1.00. The summed E-state index contributed by atoms with van der Waals surface area (Å²) in [5, 5.41) is 4.50. The number of rotatable bonds is 2. The molecular formula is C10H21NS. The second-order valence-electron chi connectivity index (χ2n) is 3.88. The molecule has 1 aliphatic rings. The molecule has 0 amide bonds. The van der Waals surface area contributed by atoms with Gasteiger partial charge in [0.15, 0.2) is 0 Å². The summed E-state index contributed by atoms with van der Waals surface area (Å²) in [5.74, 6) is 2.14. The van der Waals surface area contributed by atoms with Crippen molar-refractivity contribution in [1.82, 2.24) is 5.32 Å². The molecule has 1 N–H and O–H groups in total. The molecule has 0 aromatic rings. The molecule has 0 saturated carbocycles. The molecule has 2 heteroatoms. The average Bonchev–Trinajstić information content (AvgIpc) is 2.29. The third-order valence-electron chi connectivity index (χ3n) is 2.85. The van der Waals surface area contributed by atoms with Crippen molar-refractivity contribution < 1.29 is 0 Å². The van der Waals surface area contributed by atoms with Crippen LogP contribution in [-0.4, -0.2) is 23.6 Å². The minimum Gasteiger partial charge on any atom is -0.313 e. The predicted molar refractivity (Wildman–Crippen MR) is 57.8 cm³/mol. The van der Waals surface area contributed by atoms with Crippen LogP contribution in [0.25, 0.3) is 0 Å². The first kappa shape index (κ1) is 10.4. The van der Waals surface area contributed by atoms with E-state index in [0.29, 0.717) is 0 Å². The first-order valence-electron chi connectivity index (χ1n) is 5.09. The van der Waals surface area contributed by atoms with Crippen molar-refractivity contribution in [3.05, 3.63) is 0 Å². The zero-order valence-electron chi connectivity index (χ0n) is 8.47. The molecule has 1 saturated heterocycles. The highest BCUT2D eigenvalue weighted by molar-refractivity contribution is 7.99. The second kappa shape index (κ2) is 5.13. The molecule has 0 radical (unpaired) electrons. The normalized spacial score (nSPS) is 34.2. The fourth-order valence-corrected chi connectivity index (χ4v) is 2.80. The van der Waals surface area contributed by atoms with Crippen LogP contribution in [0.3, 0.4) is 0 Å². The lowest BCUT2D eigenvalue weighted by molar-refractivity contribution is 0.400. The van der Waals surface area contributed by atoms with E-state index in [4.69, 9.17) is 0 Å². The van der Waals surface area contributed by atoms with Gasteiger partial charge in [0.25, 0.3) is 0 Å². The molecule has 0 aromatic carbocycles. The summed E-state index contributed by atoms with van der Waals surface area (Å²) >= 11 is 2.13. The van der Waals surface area contributed by atoms with Gasteiger partial charge in [0.1, 0.15) is 0 Å². The summed E-state index contributed by atoms with van der Waals surface area (Å²) in [6, 6.07) is 0.755. The van der Waals surface area contributed by atoms with Gasteiger partial charge in [-0.15, -0.1) is 0 Å². The Balaban J connectivity index is 2.35. The molecule has 0 bridgehead atoms. The Labute approximate surface area is 80.7 Å². The minimum absolute atomic E-state index is 0.755. The van der Waals surface area contributed by atoms with Crippen LogP contribution in [0.4, 0.5) is 0 Å². The lowest BCUT2D eigenvalue weighted by Gasteiger charge is -2.21. The molecule has 0 aliphatic carbocycles. The van der Waals surface area contributed by atoms with Crippen molar-refractivity contribution in [3.8, 4) is 0 Å². The molecule has 0 spiro atoms. The van der Waals surface area contributed by atoms with E-state index in [1.807, 2.05) is 0 Å². The standard InChI is InChI=1S/C10H21NS/c1-4-8(2)10-7-12-9(3)5-6-11-10/h8-11H,4-7H2,1-3H3.